The standard InChI is InChI=1S/C19H19N9/c1-3-20-4-2-15(1)14-26-9-11-27(12-10-26)18-19-25-24-17(28(19)8-7-23-18)16-13-21-5-6-22-16/h1-8,13H,9-12,14H2. The van der Waals surface area contributed by atoms with Crippen molar-refractivity contribution in [1.29, 1.82) is 0 Å². The second kappa shape index (κ2) is 7.28. The van der Waals surface area contributed by atoms with Crippen molar-refractivity contribution in [3.05, 3.63) is 61.1 Å². The lowest BCUT2D eigenvalue weighted by Crippen LogP contribution is -2.46. The quantitative estimate of drug-likeness (QED) is 0.529. The summed E-state index contributed by atoms with van der Waals surface area (Å²) in [6.07, 6.45) is 12.3. The molecular formula is C19H19N9. The van der Waals surface area contributed by atoms with Gasteiger partial charge in [-0.05, 0) is 17.7 Å². The van der Waals surface area contributed by atoms with Crippen LogP contribution in [0.2, 0.25) is 0 Å². The van der Waals surface area contributed by atoms with Gasteiger partial charge in [-0.25, -0.2) is 9.97 Å². The molecule has 1 aliphatic rings. The molecule has 4 aromatic rings. The van der Waals surface area contributed by atoms with Crippen LogP contribution in [-0.2, 0) is 6.54 Å². The molecule has 9 heteroatoms. The molecule has 0 bridgehead atoms. The van der Waals surface area contributed by atoms with Crippen LogP contribution in [0.15, 0.2) is 55.5 Å². The second-order valence-electron chi connectivity index (χ2n) is 6.68. The van der Waals surface area contributed by atoms with Gasteiger partial charge in [-0.2, -0.15) is 0 Å². The molecule has 5 heterocycles. The van der Waals surface area contributed by atoms with Crippen LogP contribution in [0.5, 0.6) is 0 Å². The van der Waals surface area contributed by atoms with Gasteiger partial charge in [0, 0.05) is 69.9 Å². The zero-order valence-corrected chi connectivity index (χ0v) is 15.3. The largest absolute Gasteiger partial charge is 0.351 e. The summed E-state index contributed by atoms with van der Waals surface area (Å²) in [5, 5.41) is 8.70. The maximum absolute atomic E-state index is 4.59. The molecule has 1 aliphatic heterocycles. The Balaban J connectivity index is 1.35. The first kappa shape index (κ1) is 16.7. The molecule has 0 aliphatic carbocycles. The highest BCUT2D eigenvalue weighted by Crippen LogP contribution is 2.22. The van der Waals surface area contributed by atoms with E-state index < -0.39 is 0 Å². The van der Waals surface area contributed by atoms with Crippen molar-refractivity contribution in [3.63, 3.8) is 0 Å². The second-order valence-corrected chi connectivity index (χ2v) is 6.68. The minimum absolute atomic E-state index is 0.670. The van der Waals surface area contributed by atoms with Gasteiger partial charge in [0.05, 0.1) is 6.20 Å². The van der Waals surface area contributed by atoms with Gasteiger partial charge in [0.25, 0.3) is 0 Å². The summed E-state index contributed by atoms with van der Waals surface area (Å²) in [5.41, 5.74) is 2.72. The summed E-state index contributed by atoms with van der Waals surface area (Å²) in [4.78, 5) is 21.8. The zero-order chi connectivity index (χ0) is 18.8. The molecule has 0 amide bonds. The highest BCUT2D eigenvalue weighted by Gasteiger charge is 2.22. The van der Waals surface area contributed by atoms with Crippen molar-refractivity contribution in [2.24, 2.45) is 0 Å². The molecule has 0 spiro atoms. The smallest absolute Gasteiger partial charge is 0.204 e. The molecule has 0 saturated carbocycles. The highest BCUT2D eigenvalue weighted by molar-refractivity contribution is 5.67. The van der Waals surface area contributed by atoms with E-state index in [4.69, 9.17) is 0 Å². The third kappa shape index (κ3) is 3.16. The molecule has 1 saturated heterocycles. The number of hydrogen-bond donors (Lipinski definition) is 0. The first-order valence-corrected chi connectivity index (χ1v) is 9.21. The first-order chi connectivity index (χ1) is 13.9. The summed E-state index contributed by atoms with van der Waals surface area (Å²) in [5.74, 6) is 1.52. The molecule has 0 N–H and O–H groups in total. The average Bonchev–Trinajstić information content (AvgIpc) is 3.20. The third-order valence-electron chi connectivity index (χ3n) is 4.93. The predicted octanol–water partition coefficient (Wildman–Crippen LogP) is 1.30. The van der Waals surface area contributed by atoms with Crippen LogP contribution < -0.4 is 4.90 Å². The Bertz CT molecular complexity index is 1060. The van der Waals surface area contributed by atoms with Crippen LogP contribution in [0.1, 0.15) is 5.56 Å². The molecule has 0 unspecified atom stereocenters. The molecule has 9 nitrogen and oxygen atoms in total. The van der Waals surface area contributed by atoms with Crippen molar-refractivity contribution < 1.29 is 0 Å². The molecule has 28 heavy (non-hydrogen) atoms. The van der Waals surface area contributed by atoms with Gasteiger partial charge < -0.3 is 4.90 Å². The normalized spacial score (nSPS) is 15.2. The topological polar surface area (TPSA) is 88.2 Å². The lowest BCUT2D eigenvalue weighted by atomic mass is 10.2. The lowest BCUT2D eigenvalue weighted by Gasteiger charge is -2.35. The van der Waals surface area contributed by atoms with Gasteiger partial charge in [-0.1, -0.05) is 0 Å². The summed E-state index contributed by atoms with van der Waals surface area (Å²) >= 11 is 0. The molecule has 0 radical (unpaired) electrons. The molecule has 140 valence electrons. The van der Waals surface area contributed by atoms with Crippen LogP contribution in [-0.4, -0.2) is 65.6 Å². The van der Waals surface area contributed by atoms with Gasteiger partial charge in [0.1, 0.15) is 5.69 Å². The monoisotopic (exact) mass is 373 g/mol. The Hall–Kier alpha value is -3.46. The van der Waals surface area contributed by atoms with E-state index >= 15 is 0 Å². The number of aromatic nitrogens is 7. The lowest BCUT2D eigenvalue weighted by molar-refractivity contribution is 0.249. The van der Waals surface area contributed by atoms with Crippen LogP contribution in [0, 0.1) is 0 Å². The van der Waals surface area contributed by atoms with E-state index in [1.165, 1.54) is 5.56 Å². The number of pyridine rings is 1. The molecule has 4 aromatic heterocycles. The van der Waals surface area contributed by atoms with E-state index in [9.17, 15) is 0 Å². The van der Waals surface area contributed by atoms with Gasteiger partial charge in [0.15, 0.2) is 11.6 Å². The number of piperazine rings is 1. The van der Waals surface area contributed by atoms with E-state index in [0.29, 0.717) is 11.5 Å². The molecule has 0 atom stereocenters. The van der Waals surface area contributed by atoms with Gasteiger partial charge >= 0.3 is 0 Å². The first-order valence-electron chi connectivity index (χ1n) is 9.21. The Labute approximate surface area is 161 Å². The molecule has 0 aromatic carbocycles. The van der Waals surface area contributed by atoms with Crippen LogP contribution >= 0.6 is 0 Å². The van der Waals surface area contributed by atoms with E-state index in [-0.39, 0.29) is 0 Å². The van der Waals surface area contributed by atoms with Crippen molar-refractivity contribution >= 4 is 11.5 Å². The molecule has 1 fully saturated rings. The van der Waals surface area contributed by atoms with Crippen LogP contribution in [0.25, 0.3) is 17.2 Å². The third-order valence-corrected chi connectivity index (χ3v) is 4.93. The van der Waals surface area contributed by atoms with Crippen molar-refractivity contribution in [1.82, 2.24) is 39.4 Å². The van der Waals surface area contributed by atoms with Crippen molar-refractivity contribution in [2.75, 3.05) is 31.1 Å². The fourth-order valence-corrected chi connectivity index (χ4v) is 3.49. The fraction of sp³-hybridized carbons (Fsp3) is 0.263. The summed E-state index contributed by atoms with van der Waals surface area (Å²) in [6, 6.07) is 4.14. The van der Waals surface area contributed by atoms with Crippen LogP contribution in [0.3, 0.4) is 0 Å². The molecular weight excluding hydrogens is 354 g/mol. The highest BCUT2D eigenvalue weighted by atomic mass is 15.3. The SMILES string of the molecule is c1cc(CN2CCN(c3nccn4c(-c5cnccn5)nnc34)CC2)ccn1. The van der Waals surface area contributed by atoms with E-state index in [2.05, 4.69) is 52.1 Å². The Morgan fingerprint density at radius 2 is 1.68 bits per heavy atom. The van der Waals surface area contributed by atoms with Crippen molar-refractivity contribution in [2.45, 2.75) is 6.54 Å². The Morgan fingerprint density at radius 3 is 2.46 bits per heavy atom. The number of hydrogen-bond acceptors (Lipinski definition) is 8. The van der Waals surface area contributed by atoms with E-state index in [1.807, 2.05) is 23.0 Å². The predicted molar refractivity (Wildman–Crippen MR) is 104 cm³/mol. The maximum Gasteiger partial charge on any atom is 0.204 e. The minimum Gasteiger partial charge on any atom is -0.351 e. The van der Waals surface area contributed by atoms with E-state index in [1.54, 1.807) is 24.8 Å². The Morgan fingerprint density at radius 1 is 0.821 bits per heavy atom. The zero-order valence-electron chi connectivity index (χ0n) is 15.3. The number of fused-ring (bicyclic) bond motifs is 1. The Kier molecular flexibility index (Phi) is 4.34. The van der Waals surface area contributed by atoms with Gasteiger partial charge in [-0.15, -0.1) is 10.2 Å². The summed E-state index contributed by atoms with van der Waals surface area (Å²) in [7, 11) is 0. The van der Waals surface area contributed by atoms with Gasteiger partial charge in [-0.3, -0.25) is 19.3 Å². The van der Waals surface area contributed by atoms with Crippen molar-refractivity contribution in [3.8, 4) is 11.5 Å². The minimum atomic E-state index is 0.670. The van der Waals surface area contributed by atoms with Crippen LogP contribution in [0.4, 0.5) is 5.82 Å². The fourth-order valence-electron chi connectivity index (χ4n) is 3.49. The number of anilines is 1. The maximum atomic E-state index is 4.59. The summed E-state index contributed by atoms with van der Waals surface area (Å²) in [6.45, 7) is 4.67. The van der Waals surface area contributed by atoms with E-state index in [0.717, 1.165) is 44.2 Å². The summed E-state index contributed by atoms with van der Waals surface area (Å²) < 4.78 is 1.93. The average molecular weight is 373 g/mol. The number of nitrogens with zero attached hydrogens (tertiary/aromatic N) is 9. The number of rotatable bonds is 4. The van der Waals surface area contributed by atoms with Gasteiger partial charge in [0.2, 0.25) is 5.65 Å². The molecule has 5 rings (SSSR count).